The van der Waals surface area contributed by atoms with E-state index in [1.165, 1.54) is 44.5 Å². The van der Waals surface area contributed by atoms with Crippen molar-refractivity contribution in [2.45, 2.75) is 64.0 Å². The highest BCUT2D eigenvalue weighted by atomic mass is 19.1. The molecule has 2 unspecified atom stereocenters. The fourth-order valence-electron chi connectivity index (χ4n) is 8.94. The summed E-state index contributed by atoms with van der Waals surface area (Å²) >= 11 is 0. The van der Waals surface area contributed by atoms with Crippen LogP contribution in [0.3, 0.4) is 0 Å². The summed E-state index contributed by atoms with van der Waals surface area (Å²) in [6, 6.07) is 6.84. The molecule has 10 heteroatoms. The quantitative estimate of drug-likeness (QED) is 0.260. The molecule has 4 bridgehead atoms. The Bertz CT molecular complexity index is 1840. The Morgan fingerprint density at radius 2 is 1.76 bits per heavy atom. The number of rotatable bonds is 7. The van der Waals surface area contributed by atoms with Crippen molar-refractivity contribution in [1.29, 1.82) is 0 Å². The summed E-state index contributed by atoms with van der Waals surface area (Å²) in [6.45, 7) is 7.11. The van der Waals surface area contributed by atoms with Crippen LogP contribution in [0.25, 0.3) is 32.9 Å². The number of anilines is 1. The van der Waals surface area contributed by atoms with Gasteiger partial charge in [-0.2, -0.15) is 9.97 Å². The molecule has 5 heterocycles. The van der Waals surface area contributed by atoms with E-state index in [2.05, 4.69) is 25.1 Å². The van der Waals surface area contributed by atoms with Crippen LogP contribution in [0.5, 0.6) is 11.8 Å². The molecule has 0 amide bonds. The summed E-state index contributed by atoms with van der Waals surface area (Å²) < 4.78 is 37.9. The fraction of sp³-hybridized carbons (Fsp3) is 0.528. The maximum atomic E-state index is 16.8. The number of ether oxygens (including phenoxy) is 1. The lowest BCUT2D eigenvalue weighted by molar-refractivity contribution is 0.110. The number of halogens is 2. The number of hydrogen-bond acceptors (Lipinski definition) is 8. The summed E-state index contributed by atoms with van der Waals surface area (Å²) in [5, 5.41) is 15.8. The normalized spacial score (nSPS) is 26.7. The van der Waals surface area contributed by atoms with Crippen molar-refractivity contribution in [2.24, 2.45) is 17.3 Å². The third-order valence-corrected chi connectivity index (χ3v) is 11.4. The summed E-state index contributed by atoms with van der Waals surface area (Å²) in [7, 11) is 0. The summed E-state index contributed by atoms with van der Waals surface area (Å²) in [6.07, 6.45) is 10.2. The van der Waals surface area contributed by atoms with Crippen molar-refractivity contribution in [2.75, 3.05) is 44.2 Å². The van der Waals surface area contributed by atoms with Crippen LogP contribution in [0.1, 0.15) is 50.5 Å². The highest BCUT2D eigenvalue weighted by Gasteiger charge is 2.47. The molecule has 2 aromatic carbocycles. The van der Waals surface area contributed by atoms with Gasteiger partial charge in [0.15, 0.2) is 5.82 Å². The first kappa shape index (κ1) is 28.6. The number of nitrogens with zero attached hydrogens (tertiary/aromatic N) is 5. The molecule has 2 saturated carbocycles. The van der Waals surface area contributed by atoms with E-state index in [9.17, 15) is 9.50 Å². The first-order valence-electron chi connectivity index (χ1n) is 17.0. The standard InChI is InChI=1S/C36H40F2N6O2/c1-20-29(37)7-4-23-11-26(45)12-27(30(20)23)32-31(38)33-28(13-39-32)34(44-16-24-5-6-25(17-44)40-24)42-35(41-33)46-19-36(8-9-36)18-43-14-21-2-3-22(10-21)15-43/h4,7,11-13,21-22,24-25,40,45H,2-3,5-6,8-10,14-19H2,1H3/t21?,22?,24-,25+. The Labute approximate surface area is 267 Å². The molecule has 2 aliphatic carbocycles. The number of phenolic OH excluding ortho intramolecular Hbond substituents is 1. The lowest BCUT2D eigenvalue weighted by Crippen LogP contribution is -2.51. The van der Waals surface area contributed by atoms with Crippen LogP contribution in [-0.4, -0.2) is 76.4 Å². The molecular formula is C36H40F2N6O2. The number of aromatic nitrogens is 3. The Kier molecular flexibility index (Phi) is 6.65. The van der Waals surface area contributed by atoms with E-state index < -0.39 is 11.6 Å². The van der Waals surface area contributed by atoms with Gasteiger partial charge in [-0.05, 0) is 98.2 Å². The van der Waals surface area contributed by atoms with Crippen molar-refractivity contribution in [3.8, 4) is 23.0 Å². The van der Waals surface area contributed by atoms with Crippen LogP contribution in [0.2, 0.25) is 0 Å². The van der Waals surface area contributed by atoms with Gasteiger partial charge in [-0.3, -0.25) is 4.98 Å². The molecule has 0 radical (unpaired) electrons. The highest BCUT2D eigenvalue weighted by Crippen LogP contribution is 2.48. The van der Waals surface area contributed by atoms with E-state index in [1.54, 1.807) is 25.3 Å². The van der Waals surface area contributed by atoms with Gasteiger partial charge in [-0.15, -0.1) is 0 Å². The van der Waals surface area contributed by atoms with Gasteiger partial charge in [-0.25, -0.2) is 8.78 Å². The number of hydrogen-bond donors (Lipinski definition) is 2. The van der Waals surface area contributed by atoms with Crippen LogP contribution in [0.15, 0.2) is 30.5 Å². The third kappa shape index (κ3) is 4.96. The van der Waals surface area contributed by atoms with Gasteiger partial charge in [-0.1, -0.05) is 6.07 Å². The molecule has 5 aliphatic rings. The second-order valence-corrected chi connectivity index (χ2v) is 14.8. The Balaban J connectivity index is 1.10. The second kappa shape index (κ2) is 10.7. The molecule has 240 valence electrons. The van der Waals surface area contributed by atoms with Crippen LogP contribution >= 0.6 is 0 Å². The molecular weight excluding hydrogens is 586 g/mol. The van der Waals surface area contributed by atoms with E-state index in [0.717, 1.165) is 57.2 Å². The Morgan fingerprint density at radius 3 is 2.50 bits per heavy atom. The summed E-state index contributed by atoms with van der Waals surface area (Å²) in [5.74, 6) is 1.23. The molecule has 9 rings (SSSR count). The van der Waals surface area contributed by atoms with Gasteiger partial charge >= 0.3 is 6.01 Å². The van der Waals surface area contributed by atoms with Gasteiger partial charge in [0.2, 0.25) is 0 Å². The number of aromatic hydroxyl groups is 1. The zero-order valence-corrected chi connectivity index (χ0v) is 26.2. The summed E-state index contributed by atoms with van der Waals surface area (Å²) in [5.41, 5.74) is 0.916. The number of pyridine rings is 1. The summed E-state index contributed by atoms with van der Waals surface area (Å²) in [4.78, 5) is 19.0. The Hall–Kier alpha value is -3.63. The molecule has 3 aliphatic heterocycles. The smallest absolute Gasteiger partial charge is 0.319 e. The largest absolute Gasteiger partial charge is 0.508 e. The molecule has 46 heavy (non-hydrogen) atoms. The van der Waals surface area contributed by atoms with Crippen molar-refractivity contribution in [3.05, 3.63) is 47.7 Å². The van der Waals surface area contributed by atoms with Gasteiger partial charge < -0.3 is 25.0 Å². The van der Waals surface area contributed by atoms with Crippen molar-refractivity contribution >= 4 is 27.5 Å². The number of phenols is 1. The van der Waals surface area contributed by atoms with Crippen molar-refractivity contribution in [1.82, 2.24) is 25.2 Å². The number of aryl methyl sites for hydroxylation is 1. The lowest BCUT2D eigenvalue weighted by Gasteiger charge is -2.35. The minimum Gasteiger partial charge on any atom is -0.508 e. The maximum Gasteiger partial charge on any atom is 0.319 e. The number of fused-ring (bicyclic) bond motifs is 6. The van der Waals surface area contributed by atoms with Crippen LogP contribution in [0, 0.1) is 35.8 Å². The molecule has 2 N–H and O–H groups in total. The average molecular weight is 627 g/mol. The number of piperidine rings is 1. The first-order chi connectivity index (χ1) is 22.3. The van der Waals surface area contributed by atoms with E-state index in [-0.39, 0.29) is 28.4 Å². The van der Waals surface area contributed by atoms with E-state index in [4.69, 9.17) is 9.72 Å². The molecule has 8 nitrogen and oxygen atoms in total. The van der Waals surface area contributed by atoms with E-state index in [1.807, 2.05) is 0 Å². The second-order valence-electron chi connectivity index (χ2n) is 14.8. The molecule has 3 saturated heterocycles. The third-order valence-electron chi connectivity index (χ3n) is 11.4. The first-order valence-corrected chi connectivity index (χ1v) is 17.0. The molecule has 0 spiro atoms. The van der Waals surface area contributed by atoms with Crippen LogP contribution < -0.4 is 15.0 Å². The predicted molar refractivity (Wildman–Crippen MR) is 173 cm³/mol. The van der Waals surface area contributed by atoms with Crippen LogP contribution in [0.4, 0.5) is 14.6 Å². The number of benzene rings is 2. The number of piperazine rings is 1. The molecule has 5 fully saturated rings. The fourth-order valence-corrected chi connectivity index (χ4v) is 8.94. The van der Waals surface area contributed by atoms with E-state index >= 15 is 4.39 Å². The van der Waals surface area contributed by atoms with Crippen LogP contribution in [-0.2, 0) is 0 Å². The molecule has 4 aromatic rings. The zero-order valence-electron chi connectivity index (χ0n) is 26.2. The monoisotopic (exact) mass is 626 g/mol. The minimum absolute atomic E-state index is 0.0106. The van der Waals surface area contributed by atoms with Crippen molar-refractivity contribution < 1.29 is 18.6 Å². The lowest BCUT2D eigenvalue weighted by atomic mass is 9.96. The SMILES string of the molecule is Cc1c(F)ccc2cc(O)cc(-c3ncc4c(N5C[C@H]6CC[C@@H](C5)N6)nc(OCC5(CN6CC7CCC(C7)C6)CC5)nc4c3F)c12. The number of likely N-dealkylation sites (tertiary alicyclic amines) is 1. The number of nitrogens with one attached hydrogen (secondary N) is 1. The predicted octanol–water partition coefficient (Wildman–Crippen LogP) is 5.97. The molecule has 4 atom stereocenters. The maximum absolute atomic E-state index is 16.8. The zero-order chi connectivity index (χ0) is 31.2. The van der Waals surface area contributed by atoms with E-state index in [0.29, 0.717) is 51.8 Å². The van der Waals surface area contributed by atoms with Crippen molar-refractivity contribution in [3.63, 3.8) is 0 Å². The van der Waals surface area contributed by atoms with Gasteiger partial charge in [0.05, 0.1) is 12.0 Å². The highest BCUT2D eigenvalue weighted by molar-refractivity contribution is 6.01. The average Bonchev–Trinajstić information content (AvgIpc) is 3.61. The topological polar surface area (TPSA) is 86.6 Å². The van der Waals surface area contributed by atoms with Gasteiger partial charge in [0, 0.05) is 62.0 Å². The van der Waals surface area contributed by atoms with Gasteiger partial charge in [0.1, 0.15) is 28.6 Å². The molecule has 2 aromatic heterocycles. The Morgan fingerprint density at radius 1 is 1.00 bits per heavy atom. The minimum atomic E-state index is -0.635. The van der Waals surface area contributed by atoms with Gasteiger partial charge in [0.25, 0.3) is 0 Å².